The lowest BCUT2D eigenvalue weighted by atomic mass is 10.1. The quantitative estimate of drug-likeness (QED) is 0.415. The molecule has 0 amide bonds. The highest BCUT2D eigenvalue weighted by Gasteiger charge is 2.31. The van der Waals surface area contributed by atoms with Crippen molar-refractivity contribution in [3.05, 3.63) is 72.3 Å². The average molecular weight is 428 g/mol. The highest BCUT2D eigenvalue weighted by molar-refractivity contribution is 7.97. The Kier molecular flexibility index (Phi) is 7.86. The van der Waals surface area contributed by atoms with Crippen LogP contribution in [0.1, 0.15) is 18.4 Å². The molecule has 29 heavy (non-hydrogen) atoms. The lowest BCUT2D eigenvalue weighted by Gasteiger charge is -2.19. The van der Waals surface area contributed by atoms with Gasteiger partial charge in [-0.2, -0.15) is 12.6 Å². The van der Waals surface area contributed by atoms with E-state index in [4.69, 9.17) is 4.74 Å². The number of thiol groups is 1. The minimum atomic E-state index is -0.717. The zero-order valence-corrected chi connectivity index (χ0v) is 18.0. The Bertz CT molecular complexity index is 923. The van der Waals surface area contributed by atoms with Crippen LogP contribution in [-0.2, 0) is 10.5 Å². The summed E-state index contributed by atoms with van der Waals surface area (Å²) in [5, 5.41) is 11.6. The standard InChI is InChI=1S/C15H15NO2S.C8H10OS/c17-15(18)14-6-3-9-16(14)19-13-8-7-11-4-1-2-5-12(11)10-13;1-9-8-4-2-7(6-10)3-5-8/h1-2,4-5,7-8,10,14H,3,6,9H2,(H,17,18);2-5,10H,6H2,1H3. The molecule has 4 nitrogen and oxygen atoms in total. The van der Waals surface area contributed by atoms with Gasteiger partial charge in [0.2, 0.25) is 0 Å². The molecule has 0 radical (unpaired) electrons. The van der Waals surface area contributed by atoms with Crippen molar-refractivity contribution in [2.75, 3.05) is 13.7 Å². The van der Waals surface area contributed by atoms with Gasteiger partial charge in [-0.05, 0) is 65.4 Å². The molecule has 0 aromatic heterocycles. The van der Waals surface area contributed by atoms with Crippen molar-refractivity contribution in [2.45, 2.75) is 29.5 Å². The molecule has 4 rings (SSSR count). The van der Waals surface area contributed by atoms with E-state index in [1.807, 2.05) is 40.7 Å². The highest BCUT2D eigenvalue weighted by Crippen LogP contribution is 2.32. The maximum atomic E-state index is 11.2. The largest absolute Gasteiger partial charge is 0.497 e. The summed E-state index contributed by atoms with van der Waals surface area (Å²) in [5.41, 5.74) is 1.21. The van der Waals surface area contributed by atoms with Crippen LogP contribution in [0.25, 0.3) is 10.8 Å². The number of carboxylic acids is 1. The first kappa shape index (κ1) is 21.6. The van der Waals surface area contributed by atoms with E-state index in [1.54, 1.807) is 19.1 Å². The Morgan fingerprint density at radius 2 is 1.86 bits per heavy atom. The van der Waals surface area contributed by atoms with Crippen LogP contribution in [0.3, 0.4) is 0 Å². The first-order chi connectivity index (χ1) is 14.1. The number of nitrogens with zero attached hydrogens (tertiary/aromatic N) is 1. The molecule has 1 fully saturated rings. The number of hydrogen-bond donors (Lipinski definition) is 2. The Hall–Kier alpha value is -2.15. The van der Waals surface area contributed by atoms with Gasteiger partial charge in [-0.1, -0.05) is 42.5 Å². The molecule has 152 valence electrons. The first-order valence-corrected chi connectivity index (χ1v) is 10.9. The van der Waals surface area contributed by atoms with Gasteiger partial charge in [-0.3, -0.25) is 4.79 Å². The molecule has 3 aromatic carbocycles. The van der Waals surface area contributed by atoms with Crippen molar-refractivity contribution in [3.63, 3.8) is 0 Å². The predicted octanol–water partition coefficient (Wildman–Crippen LogP) is 5.52. The number of ether oxygens (including phenoxy) is 1. The Labute approximate surface area is 181 Å². The van der Waals surface area contributed by atoms with Crippen LogP contribution in [0.15, 0.2) is 71.6 Å². The molecule has 1 heterocycles. The normalized spacial score (nSPS) is 16.3. The monoisotopic (exact) mass is 427 g/mol. The van der Waals surface area contributed by atoms with Gasteiger partial charge in [0.1, 0.15) is 11.8 Å². The molecule has 0 aliphatic carbocycles. The van der Waals surface area contributed by atoms with Gasteiger partial charge >= 0.3 is 5.97 Å². The van der Waals surface area contributed by atoms with E-state index < -0.39 is 5.97 Å². The summed E-state index contributed by atoms with van der Waals surface area (Å²) in [6, 6.07) is 22.0. The number of methoxy groups -OCH3 is 1. The number of carboxylic acid groups (broad SMARTS) is 1. The maximum Gasteiger partial charge on any atom is 0.321 e. The number of hydrogen-bond acceptors (Lipinski definition) is 5. The molecular weight excluding hydrogens is 402 g/mol. The smallest absolute Gasteiger partial charge is 0.321 e. The van der Waals surface area contributed by atoms with Gasteiger partial charge in [0.25, 0.3) is 0 Å². The molecule has 1 atom stereocenters. The lowest BCUT2D eigenvalue weighted by Crippen LogP contribution is -2.30. The predicted molar refractivity (Wildman–Crippen MR) is 123 cm³/mol. The van der Waals surface area contributed by atoms with Crippen LogP contribution >= 0.6 is 24.6 Å². The van der Waals surface area contributed by atoms with Crippen molar-refractivity contribution >= 4 is 41.3 Å². The molecule has 0 saturated carbocycles. The van der Waals surface area contributed by atoms with Crippen LogP contribution in [0, 0.1) is 0 Å². The van der Waals surface area contributed by atoms with Crippen molar-refractivity contribution in [1.29, 1.82) is 0 Å². The maximum absolute atomic E-state index is 11.2. The first-order valence-electron chi connectivity index (χ1n) is 9.50. The second-order valence-electron chi connectivity index (χ2n) is 6.74. The number of fused-ring (bicyclic) bond motifs is 1. The minimum Gasteiger partial charge on any atom is -0.497 e. The van der Waals surface area contributed by atoms with Crippen molar-refractivity contribution in [3.8, 4) is 5.75 Å². The Balaban J connectivity index is 0.000000204. The summed E-state index contributed by atoms with van der Waals surface area (Å²) in [5.74, 6) is 0.959. The summed E-state index contributed by atoms with van der Waals surface area (Å²) in [4.78, 5) is 12.3. The highest BCUT2D eigenvalue weighted by atomic mass is 32.2. The zero-order valence-electron chi connectivity index (χ0n) is 16.3. The van der Waals surface area contributed by atoms with Crippen LogP contribution < -0.4 is 4.74 Å². The van der Waals surface area contributed by atoms with Gasteiger partial charge < -0.3 is 9.84 Å². The van der Waals surface area contributed by atoms with Crippen molar-refractivity contribution in [2.24, 2.45) is 0 Å². The van der Waals surface area contributed by atoms with Crippen molar-refractivity contribution < 1.29 is 14.6 Å². The molecule has 0 spiro atoms. The van der Waals surface area contributed by atoms with Crippen molar-refractivity contribution in [1.82, 2.24) is 4.31 Å². The topological polar surface area (TPSA) is 49.8 Å². The molecule has 1 N–H and O–H groups in total. The molecule has 3 aromatic rings. The number of rotatable bonds is 5. The summed E-state index contributed by atoms with van der Waals surface area (Å²) >= 11 is 5.69. The summed E-state index contributed by atoms with van der Waals surface area (Å²) in [6.45, 7) is 0.842. The van der Waals surface area contributed by atoms with Gasteiger partial charge in [-0.15, -0.1) is 0 Å². The third-order valence-electron chi connectivity index (χ3n) is 4.77. The lowest BCUT2D eigenvalue weighted by molar-refractivity contribution is -0.140. The van der Waals surface area contributed by atoms with Gasteiger partial charge in [0, 0.05) is 17.2 Å². The number of benzene rings is 3. The molecule has 1 unspecified atom stereocenters. The van der Waals surface area contributed by atoms with Crippen LogP contribution in [0.2, 0.25) is 0 Å². The van der Waals surface area contributed by atoms with Crippen LogP contribution in [0.5, 0.6) is 5.75 Å². The van der Waals surface area contributed by atoms with E-state index in [9.17, 15) is 9.90 Å². The zero-order chi connectivity index (χ0) is 20.6. The fourth-order valence-corrected chi connectivity index (χ4v) is 4.52. The SMILES string of the molecule is COc1ccc(CS)cc1.O=C(O)C1CCCN1Sc1ccc2ccccc2c1. The Morgan fingerprint density at radius 3 is 2.52 bits per heavy atom. The molecule has 6 heteroatoms. The molecule has 1 saturated heterocycles. The minimum absolute atomic E-state index is 0.350. The summed E-state index contributed by atoms with van der Waals surface area (Å²) < 4.78 is 6.97. The third kappa shape index (κ3) is 5.92. The fraction of sp³-hybridized carbons (Fsp3) is 0.261. The second kappa shape index (κ2) is 10.6. The van der Waals surface area contributed by atoms with Gasteiger partial charge in [0.15, 0.2) is 0 Å². The van der Waals surface area contributed by atoms with E-state index in [2.05, 4.69) is 43.0 Å². The number of carbonyl (C=O) groups is 1. The molecule has 1 aliphatic heterocycles. The van der Waals surface area contributed by atoms with E-state index in [0.29, 0.717) is 0 Å². The van der Waals surface area contributed by atoms with E-state index in [-0.39, 0.29) is 6.04 Å². The molecular formula is C23H25NO3S2. The second-order valence-corrected chi connectivity index (χ2v) is 8.18. The Morgan fingerprint density at radius 1 is 1.14 bits per heavy atom. The van der Waals surface area contributed by atoms with Gasteiger partial charge in [0.05, 0.1) is 7.11 Å². The fourth-order valence-electron chi connectivity index (χ4n) is 3.19. The average Bonchev–Trinajstić information content (AvgIpc) is 3.22. The van der Waals surface area contributed by atoms with E-state index >= 15 is 0 Å². The van der Waals surface area contributed by atoms with Crippen LogP contribution in [0.4, 0.5) is 0 Å². The number of aliphatic carboxylic acids is 1. The summed E-state index contributed by atoms with van der Waals surface area (Å²) in [7, 11) is 1.66. The van der Waals surface area contributed by atoms with Crippen LogP contribution in [-0.4, -0.2) is 35.1 Å². The van der Waals surface area contributed by atoms with Gasteiger partial charge in [-0.25, -0.2) is 4.31 Å². The van der Waals surface area contributed by atoms with E-state index in [0.717, 1.165) is 35.8 Å². The third-order valence-corrected chi connectivity index (χ3v) is 6.28. The summed E-state index contributed by atoms with van der Waals surface area (Å²) in [6.07, 6.45) is 1.70. The van der Waals surface area contributed by atoms with E-state index in [1.165, 1.54) is 16.3 Å². The molecule has 1 aliphatic rings. The molecule has 0 bridgehead atoms.